The lowest BCUT2D eigenvalue weighted by molar-refractivity contribution is 0.584. The first kappa shape index (κ1) is 13.5. The minimum Gasteiger partial charge on any atom is -0.399 e. The third-order valence-corrected chi connectivity index (χ3v) is 4.07. The zero-order chi connectivity index (χ0) is 14.0. The Labute approximate surface area is 112 Å². The lowest BCUT2D eigenvalue weighted by Crippen LogP contribution is -2.30. The van der Waals surface area contributed by atoms with Crippen LogP contribution >= 0.6 is 0 Å². The summed E-state index contributed by atoms with van der Waals surface area (Å²) >= 11 is 0. The molecule has 0 fully saturated rings. The molecule has 5 nitrogen and oxygen atoms in total. The predicted octanol–water partition coefficient (Wildman–Crippen LogP) is 1.40. The van der Waals surface area contributed by atoms with Crippen molar-refractivity contribution in [2.75, 3.05) is 5.73 Å². The van der Waals surface area contributed by atoms with Gasteiger partial charge in [-0.2, -0.15) is 4.83 Å². The maximum absolute atomic E-state index is 11.6. The van der Waals surface area contributed by atoms with Crippen molar-refractivity contribution in [2.45, 2.75) is 11.8 Å². The number of hydrogen-bond acceptors (Lipinski definition) is 4. The standard InChI is InChI=1S/C13H15N3O2S/c1-9-8-12(19(17,18)16-15)6-7-13(9)10-2-4-11(14)5-3-10/h2-8,16H,14-15H2,1H3. The van der Waals surface area contributed by atoms with Gasteiger partial charge in [0.15, 0.2) is 0 Å². The van der Waals surface area contributed by atoms with Gasteiger partial charge in [0, 0.05) is 5.69 Å². The molecule has 19 heavy (non-hydrogen) atoms. The van der Waals surface area contributed by atoms with Crippen LogP contribution in [0.3, 0.4) is 0 Å². The summed E-state index contributed by atoms with van der Waals surface area (Å²) in [5.41, 5.74) is 9.11. The number of aryl methyl sites for hydroxylation is 1. The molecule has 0 aromatic heterocycles. The fourth-order valence-electron chi connectivity index (χ4n) is 1.86. The molecule has 2 rings (SSSR count). The van der Waals surface area contributed by atoms with E-state index in [2.05, 4.69) is 0 Å². The Morgan fingerprint density at radius 1 is 1.05 bits per heavy atom. The van der Waals surface area contributed by atoms with Gasteiger partial charge in [-0.25, -0.2) is 8.42 Å². The number of nitrogens with one attached hydrogen (secondary N) is 1. The zero-order valence-corrected chi connectivity index (χ0v) is 11.2. The highest BCUT2D eigenvalue weighted by Crippen LogP contribution is 2.26. The van der Waals surface area contributed by atoms with Gasteiger partial charge in [-0.1, -0.05) is 18.2 Å². The monoisotopic (exact) mass is 277 g/mol. The van der Waals surface area contributed by atoms with Crippen LogP contribution in [0.5, 0.6) is 0 Å². The SMILES string of the molecule is Cc1cc(S(=O)(=O)NN)ccc1-c1ccc(N)cc1. The maximum atomic E-state index is 11.6. The number of anilines is 1. The van der Waals surface area contributed by atoms with E-state index < -0.39 is 10.0 Å². The van der Waals surface area contributed by atoms with Gasteiger partial charge in [0.25, 0.3) is 10.0 Å². The molecule has 100 valence electrons. The van der Waals surface area contributed by atoms with Gasteiger partial charge in [-0.05, 0) is 47.9 Å². The van der Waals surface area contributed by atoms with Crippen LogP contribution in [0.1, 0.15) is 5.56 Å². The third-order valence-electron chi connectivity index (χ3n) is 2.89. The van der Waals surface area contributed by atoms with E-state index in [1.807, 2.05) is 23.9 Å². The summed E-state index contributed by atoms with van der Waals surface area (Å²) < 4.78 is 23.2. The molecule has 0 saturated heterocycles. The molecule has 0 aliphatic heterocycles. The van der Waals surface area contributed by atoms with E-state index in [1.165, 1.54) is 6.07 Å². The second-order valence-corrected chi connectivity index (χ2v) is 5.93. The molecule has 0 heterocycles. The summed E-state index contributed by atoms with van der Waals surface area (Å²) in [6.45, 7) is 1.85. The van der Waals surface area contributed by atoms with Crippen LogP contribution < -0.4 is 16.4 Å². The van der Waals surface area contributed by atoms with E-state index in [1.54, 1.807) is 24.3 Å². The summed E-state index contributed by atoms with van der Waals surface area (Å²) in [4.78, 5) is 1.95. The van der Waals surface area contributed by atoms with Gasteiger partial charge in [0.2, 0.25) is 0 Å². The minimum absolute atomic E-state index is 0.145. The fourth-order valence-corrected chi connectivity index (χ4v) is 2.57. The van der Waals surface area contributed by atoms with E-state index in [4.69, 9.17) is 11.6 Å². The number of sulfonamides is 1. The highest BCUT2D eigenvalue weighted by molar-refractivity contribution is 7.89. The Balaban J connectivity index is 2.48. The number of hydrazine groups is 1. The number of benzene rings is 2. The topological polar surface area (TPSA) is 98.2 Å². The first-order chi connectivity index (χ1) is 8.94. The van der Waals surface area contributed by atoms with Crippen LogP contribution in [0.2, 0.25) is 0 Å². The van der Waals surface area contributed by atoms with Gasteiger partial charge in [0.1, 0.15) is 0 Å². The number of nitrogen functional groups attached to an aromatic ring is 1. The first-order valence-electron chi connectivity index (χ1n) is 5.63. The summed E-state index contributed by atoms with van der Waals surface area (Å²) in [7, 11) is -3.62. The van der Waals surface area contributed by atoms with Crippen LogP contribution in [0.4, 0.5) is 5.69 Å². The zero-order valence-electron chi connectivity index (χ0n) is 10.4. The highest BCUT2D eigenvalue weighted by Gasteiger charge is 2.13. The van der Waals surface area contributed by atoms with E-state index in [-0.39, 0.29) is 4.90 Å². The Bertz CT molecular complexity index is 694. The summed E-state index contributed by atoms with van der Waals surface area (Å²) in [5, 5.41) is 0. The molecule has 0 atom stereocenters. The lowest BCUT2D eigenvalue weighted by Gasteiger charge is -2.09. The average Bonchev–Trinajstić information content (AvgIpc) is 2.40. The molecule has 0 aliphatic carbocycles. The van der Waals surface area contributed by atoms with Crippen molar-refractivity contribution in [3.05, 3.63) is 48.0 Å². The largest absolute Gasteiger partial charge is 0.399 e. The summed E-state index contributed by atoms with van der Waals surface area (Å²) in [6.07, 6.45) is 0. The Kier molecular flexibility index (Phi) is 3.57. The molecule has 0 aliphatic rings. The lowest BCUT2D eigenvalue weighted by atomic mass is 10.0. The molecule has 0 amide bonds. The second-order valence-electron chi connectivity index (χ2n) is 4.22. The quantitative estimate of drug-likeness (QED) is 0.448. The van der Waals surface area contributed by atoms with Gasteiger partial charge in [-0.3, -0.25) is 5.84 Å². The molecule has 5 N–H and O–H groups in total. The summed E-state index contributed by atoms with van der Waals surface area (Å²) in [6, 6.07) is 12.3. The minimum atomic E-state index is -3.62. The van der Waals surface area contributed by atoms with Crippen molar-refractivity contribution in [3.63, 3.8) is 0 Å². The molecule has 0 spiro atoms. The Hall–Kier alpha value is -1.89. The predicted molar refractivity (Wildman–Crippen MR) is 75.5 cm³/mol. The van der Waals surface area contributed by atoms with Crippen molar-refractivity contribution in [1.29, 1.82) is 0 Å². The molecule has 2 aromatic carbocycles. The molecule has 0 unspecified atom stereocenters. The Morgan fingerprint density at radius 2 is 1.68 bits per heavy atom. The molecule has 2 aromatic rings. The van der Waals surface area contributed by atoms with Crippen molar-refractivity contribution < 1.29 is 8.42 Å². The van der Waals surface area contributed by atoms with E-state index in [9.17, 15) is 8.42 Å². The highest BCUT2D eigenvalue weighted by atomic mass is 32.2. The molecular formula is C13H15N3O2S. The van der Waals surface area contributed by atoms with Crippen molar-refractivity contribution >= 4 is 15.7 Å². The van der Waals surface area contributed by atoms with Crippen molar-refractivity contribution in [2.24, 2.45) is 5.84 Å². The average molecular weight is 277 g/mol. The second kappa shape index (κ2) is 5.00. The number of hydrogen-bond donors (Lipinski definition) is 3. The fraction of sp³-hybridized carbons (Fsp3) is 0.0769. The van der Waals surface area contributed by atoms with Gasteiger partial charge >= 0.3 is 0 Å². The van der Waals surface area contributed by atoms with E-state index in [0.29, 0.717) is 5.69 Å². The Morgan fingerprint density at radius 3 is 2.21 bits per heavy atom. The molecule has 0 radical (unpaired) electrons. The molecule has 0 saturated carbocycles. The van der Waals surface area contributed by atoms with Gasteiger partial charge in [0.05, 0.1) is 4.90 Å². The van der Waals surface area contributed by atoms with Gasteiger partial charge < -0.3 is 5.73 Å². The maximum Gasteiger partial charge on any atom is 0.253 e. The smallest absolute Gasteiger partial charge is 0.253 e. The van der Waals surface area contributed by atoms with Crippen LogP contribution in [0.15, 0.2) is 47.4 Å². The van der Waals surface area contributed by atoms with Crippen molar-refractivity contribution in [1.82, 2.24) is 4.83 Å². The molecular weight excluding hydrogens is 262 g/mol. The molecule has 0 bridgehead atoms. The van der Waals surface area contributed by atoms with Gasteiger partial charge in [-0.15, -0.1) is 0 Å². The van der Waals surface area contributed by atoms with Crippen LogP contribution in [-0.2, 0) is 10.0 Å². The van der Waals surface area contributed by atoms with Crippen LogP contribution in [0.25, 0.3) is 11.1 Å². The first-order valence-corrected chi connectivity index (χ1v) is 7.11. The van der Waals surface area contributed by atoms with Crippen molar-refractivity contribution in [3.8, 4) is 11.1 Å². The number of nitrogens with two attached hydrogens (primary N) is 2. The summed E-state index contributed by atoms with van der Waals surface area (Å²) in [5.74, 6) is 5.00. The third kappa shape index (κ3) is 2.76. The molecule has 6 heteroatoms. The normalized spacial score (nSPS) is 11.5. The van der Waals surface area contributed by atoms with E-state index >= 15 is 0 Å². The number of rotatable bonds is 3. The van der Waals surface area contributed by atoms with Crippen LogP contribution in [-0.4, -0.2) is 8.42 Å². The van der Waals surface area contributed by atoms with Crippen LogP contribution in [0, 0.1) is 6.92 Å². The van der Waals surface area contributed by atoms with E-state index in [0.717, 1.165) is 16.7 Å².